The number of hydrogen-bond donors (Lipinski definition) is 2. The minimum Gasteiger partial charge on any atom is -0.390 e. The van der Waals surface area contributed by atoms with Crippen LogP contribution < -0.4 is 0 Å². The highest BCUT2D eigenvalue weighted by molar-refractivity contribution is 5.26. The van der Waals surface area contributed by atoms with E-state index < -0.39 is 18.6 Å². The van der Waals surface area contributed by atoms with Crippen LogP contribution in [-0.2, 0) is 4.74 Å². The zero-order valence-corrected chi connectivity index (χ0v) is 18.2. The monoisotopic (exact) mass is 412 g/mol. The molecular weight excluding hydrogens is 374 g/mol. The van der Waals surface area contributed by atoms with E-state index in [9.17, 15) is 13.9 Å². The second-order valence-corrected chi connectivity index (χ2v) is 10.9. The molecule has 0 spiro atoms. The molecule has 0 saturated heterocycles. The second kappa shape index (κ2) is 7.56. The number of halogens is 2. The van der Waals surface area contributed by atoms with Gasteiger partial charge >= 0.3 is 0 Å². The molecule has 3 nitrogen and oxygen atoms in total. The highest BCUT2D eigenvalue weighted by Gasteiger charge is 2.59. The maximum Gasteiger partial charge on any atom is 0.270 e. The van der Waals surface area contributed by atoms with E-state index in [4.69, 9.17) is 9.84 Å². The zero-order chi connectivity index (χ0) is 21.0. The molecule has 8 atom stereocenters. The van der Waals surface area contributed by atoms with Gasteiger partial charge in [-0.2, -0.15) is 0 Å². The largest absolute Gasteiger partial charge is 0.390 e. The molecule has 2 N–H and O–H groups in total. The Bertz CT molecular complexity index is 650. The second-order valence-electron chi connectivity index (χ2n) is 10.9. The highest BCUT2D eigenvalue weighted by atomic mass is 19.3. The molecule has 0 bridgehead atoms. The Kier molecular flexibility index (Phi) is 5.66. The summed E-state index contributed by atoms with van der Waals surface area (Å²) in [5, 5.41) is 19.4. The van der Waals surface area contributed by atoms with Gasteiger partial charge in [-0.3, -0.25) is 0 Å². The van der Waals surface area contributed by atoms with Crippen LogP contribution in [-0.4, -0.2) is 42.1 Å². The highest BCUT2D eigenvalue weighted by Crippen LogP contribution is 2.67. The number of hydrogen-bond acceptors (Lipinski definition) is 3. The van der Waals surface area contributed by atoms with Gasteiger partial charge in [0.15, 0.2) is 0 Å². The Labute approximate surface area is 173 Å². The smallest absolute Gasteiger partial charge is 0.270 e. The quantitative estimate of drug-likeness (QED) is 0.628. The van der Waals surface area contributed by atoms with Gasteiger partial charge in [-0.1, -0.05) is 25.5 Å². The maximum absolute atomic E-state index is 13.7. The van der Waals surface area contributed by atoms with Gasteiger partial charge in [0.2, 0.25) is 0 Å². The first-order chi connectivity index (χ1) is 13.6. The number of methoxy groups -OCH3 is 1. The summed E-state index contributed by atoms with van der Waals surface area (Å²) in [4.78, 5) is 0. The summed E-state index contributed by atoms with van der Waals surface area (Å²) < 4.78 is 33.0. The third-order valence-corrected chi connectivity index (χ3v) is 9.70. The van der Waals surface area contributed by atoms with Crippen molar-refractivity contribution in [1.29, 1.82) is 0 Å². The van der Waals surface area contributed by atoms with Crippen LogP contribution in [0.5, 0.6) is 0 Å². The molecule has 0 amide bonds. The van der Waals surface area contributed by atoms with Crippen LogP contribution in [0.15, 0.2) is 11.6 Å². The van der Waals surface area contributed by atoms with Crippen molar-refractivity contribution in [1.82, 2.24) is 0 Å². The van der Waals surface area contributed by atoms with E-state index in [1.807, 2.05) is 0 Å². The Morgan fingerprint density at radius 2 is 1.97 bits per heavy atom. The van der Waals surface area contributed by atoms with Gasteiger partial charge in [-0.15, -0.1) is 0 Å². The van der Waals surface area contributed by atoms with E-state index >= 15 is 0 Å². The van der Waals surface area contributed by atoms with Crippen molar-refractivity contribution < 1.29 is 23.7 Å². The minimum absolute atomic E-state index is 0.0894. The molecule has 0 radical (unpaired) electrons. The summed E-state index contributed by atoms with van der Waals surface area (Å²) in [5.74, 6) is -0.804. The molecule has 166 valence electrons. The van der Waals surface area contributed by atoms with E-state index in [0.29, 0.717) is 30.1 Å². The van der Waals surface area contributed by atoms with Crippen LogP contribution in [0.2, 0.25) is 0 Å². The topological polar surface area (TPSA) is 49.7 Å². The first-order valence-corrected chi connectivity index (χ1v) is 11.5. The predicted molar refractivity (Wildman–Crippen MR) is 109 cm³/mol. The fourth-order valence-corrected chi connectivity index (χ4v) is 7.95. The minimum atomic E-state index is -2.94. The van der Waals surface area contributed by atoms with Gasteiger partial charge in [0.25, 0.3) is 5.92 Å². The van der Waals surface area contributed by atoms with E-state index in [1.54, 1.807) is 7.11 Å². The number of rotatable bonds is 5. The van der Waals surface area contributed by atoms with Crippen molar-refractivity contribution in [2.24, 2.45) is 34.5 Å². The fraction of sp³-hybridized carbons (Fsp3) is 0.917. The molecule has 0 aliphatic heterocycles. The van der Waals surface area contributed by atoms with Crippen LogP contribution in [0.4, 0.5) is 8.78 Å². The Hall–Kier alpha value is -0.520. The number of alkyl halides is 2. The summed E-state index contributed by atoms with van der Waals surface area (Å²) in [6.07, 6.45) is 9.33. The Morgan fingerprint density at radius 1 is 1.21 bits per heavy atom. The van der Waals surface area contributed by atoms with Crippen molar-refractivity contribution in [2.45, 2.75) is 89.8 Å². The first kappa shape index (κ1) is 21.7. The summed E-state index contributed by atoms with van der Waals surface area (Å²) in [5.41, 5.74) is 1.65. The molecule has 29 heavy (non-hydrogen) atoms. The summed E-state index contributed by atoms with van der Waals surface area (Å²) in [7, 11) is 1.70. The standard InChI is InChI=1S/C24H38F2O3/c1-22-10-9-19-17(18(22)7-5-15(22)8-11-24(25,26)14-27)6-4-16-12-20(28)21(29-3)13-23(16,19)2/h4,15,17-21,27-28H,5-14H2,1-3H3/t15?,17?,18?,19?,20-,21?,22-,23?/m1/s1. The summed E-state index contributed by atoms with van der Waals surface area (Å²) >= 11 is 0. The number of ether oxygens (including phenoxy) is 1. The van der Waals surface area contributed by atoms with Crippen molar-refractivity contribution in [3.63, 3.8) is 0 Å². The van der Waals surface area contributed by atoms with Crippen molar-refractivity contribution >= 4 is 0 Å². The van der Waals surface area contributed by atoms with Crippen molar-refractivity contribution in [2.75, 3.05) is 13.7 Å². The van der Waals surface area contributed by atoms with Crippen molar-refractivity contribution in [3.05, 3.63) is 11.6 Å². The van der Waals surface area contributed by atoms with E-state index in [-0.39, 0.29) is 23.4 Å². The van der Waals surface area contributed by atoms with Gasteiger partial charge in [-0.05, 0) is 85.9 Å². The number of aliphatic hydroxyl groups is 2. The van der Waals surface area contributed by atoms with Gasteiger partial charge in [0, 0.05) is 13.5 Å². The maximum atomic E-state index is 13.7. The molecule has 3 fully saturated rings. The van der Waals surface area contributed by atoms with E-state index in [1.165, 1.54) is 5.57 Å². The van der Waals surface area contributed by atoms with Gasteiger partial charge in [0.05, 0.1) is 12.2 Å². The average molecular weight is 413 g/mol. The SMILES string of the molecule is COC1CC2(C)C(=CCC3C2CC[C@]2(C)C(CCC(F)(F)CO)CCC32)C[C@H]1O. The predicted octanol–water partition coefficient (Wildman–Crippen LogP) is 4.96. The third-order valence-electron chi connectivity index (χ3n) is 9.70. The first-order valence-electron chi connectivity index (χ1n) is 11.5. The molecule has 3 saturated carbocycles. The number of aliphatic hydroxyl groups excluding tert-OH is 2. The van der Waals surface area contributed by atoms with Crippen molar-refractivity contribution in [3.8, 4) is 0 Å². The normalized spacial score (nSPS) is 47.2. The van der Waals surface area contributed by atoms with Crippen LogP contribution in [0.3, 0.4) is 0 Å². The van der Waals surface area contributed by atoms with Crippen LogP contribution in [0, 0.1) is 34.5 Å². The van der Waals surface area contributed by atoms with E-state index in [0.717, 1.165) is 44.9 Å². The lowest BCUT2D eigenvalue weighted by molar-refractivity contribution is -0.0999. The van der Waals surface area contributed by atoms with Gasteiger partial charge in [0.1, 0.15) is 6.61 Å². The van der Waals surface area contributed by atoms with Gasteiger partial charge < -0.3 is 14.9 Å². The number of fused-ring (bicyclic) bond motifs is 5. The molecular formula is C24H38F2O3. The molecule has 0 heterocycles. The van der Waals surface area contributed by atoms with Crippen LogP contribution >= 0.6 is 0 Å². The Morgan fingerprint density at radius 3 is 2.66 bits per heavy atom. The summed E-state index contributed by atoms with van der Waals surface area (Å²) in [6.45, 7) is 3.69. The van der Waals surface area contributed by atoms with Gasteiger partial charge in [-0.25, -0.2) is 8.78 Å². The molecule has 6 unspecified atom stereocenters. The Balaban J connectivity index is 1.53. The molecule has 0 aromatic carbocycles. The van der Waals surface area contributed by atoms with Crippen LogP contribution in [0.1, 0.15) is 71.6 Å². The number of allylic oxidation sites excluding steroid dienone is 1. The molecule has 4 rings (SSSR count). The average Bonchev–Trinajstić information content (AvgIpc) is 3.03. The van der Waals surface area contributed by atoms with Crippen LogP contribution in [0.25, 0.3) is 0 Å². The third kappa shape index (κ3) is 3.49. The molecule has 4 aliphatic rings. The zero-order valence-electron chi connectivity index (χ0n) is 18.2. The van der Waals surface area contributed by atoms with E-state index in [2.05, 4.69) is 19.9 Å². The molecule has 5 heteroatoms. The fourth-order valence-electron chi connectivity index (χ4n) is 7.95. The lowest BCUT2D eigenvalue weighted by atomic mass is 9.47. The lowest BCUT2D eigenvalue weighted by Crippen LogP contribution is -2.53. The molecule has 0 aromatic heterocycles. The molecule has 4 aliphatic carbocycles. The summed E-state index contributed by atoms with van der Waals surface area (Å²) in [6, 6.07) is 0. The molecule has 0 aromatic rings. The lowest BCUT2D eigenvalue weighted by Gasteiger charge is -2.58.